The molecular formula is C34H31N5O4. The van der Waals surface area contributed by atoms with Crippen LogP contribution >= 0.6 is 0 Å². The summed E-state index contributed by atoms with van der Waals surface area (Å²) in [5.41, 5.74) is 4.47. The number of nitro groups is 1. The van der Waals surface area contributed by atoms with E-state index < -0.39 is 4.92 Å². The zero-order chi connectivity index (χ0) is 29.8. The Bertz CT molecular complexity index is 1690. The fourth-order valence-corrected chi connectivity index (χ4v) is 5.62. The Morgan fingerprint density at radius 1 is 0.814 bits per heavy atom. The summed E-state index contributed by atoms with van der Waals surface area (Å²) in [7, 11) is 1.59. The van der Waals surface area contributed by atoms with E-state index in [1.54, 1.807) is 25.3 Å². The molecule has 216 valence electrons. The van der Waals surface area contributed by atoms with Gasteiger partial charge in [0.25, 0.3) is 11.6 Å². The molecule has 6 rings (SSSR count). The Balaban J connectivity index is 1.30. The highest BCUT2D eigenvalue weighted by molar-refractivity contribution is 5.94. The molecule has 2 heterocycles. The van der Waals surface area contributed by atoms with Gasteiger partial charge in [-0.1, -0.05) is 78.9 Å². The number of non-ortho nitro benzene ring substituents is 1. The van der Waals surface area contributed by atoms with Gasteiger partial charge < -0.3 is 9.64 Å². The molecule has 0 radical (unpaired) electrons. The van der Waals surface area contributed by atoms with Crippen LogP contribution in [0.25, 0.3) is 16.9 Å². The number of methoxy groups -OCH3 is 1. The number of rotatable bonds is 8. The van der Waals surface area contributed by atoms with E-state index in [1.807, 2.05) is 41.3 Å². The van der Waals surface area contributed by atoms with Gasteiger partial charge in [-0.05, 0) is 35.4 Å². The van der Waals surface area contributed by atoms with Crippen LogP contribution in [0.15, 0.2) is 115 Å². The highest BCUT2D eigenvalue weighted by Gasteiger charge is 2.30. The van der Waals surface area contributed by atoms with Gasteiger partial charge in [0.15, 0.2) is 0 Å². The molecule has 1 aliphatic rings. The lowest BCUT2D eigenvalue weighted by Crippen LogP contribution is -2.50. The van der Waals surface area contributed by atoms with E-state index in [0.29, 0.717) is 49.0 Å². The lowest BCUT2D eigenvalue weighted by molar-refractivity contribution is -0.384. The molecule has 1 aromatic heterocycles. The minimum Gasteiger partial charge on any atom is -0.497 e. The fourth-order valence-electron chi connectivity index (χ4n) is 5.62. The van der Waals surface area contributed by atoms with E-state index in [0.717, 1.165) is 5.56 Å². The molecule has 1 fully saturated rings. The molecule has 1 aliphatic heterocycles. The van der Waals surface area contributed by atoms with Gasteiger partial charge in [-0.15, -0.1) is 0 Å². The predicted molar refractivity (Wildman–Crippen MR) is 164 cm³/mol. The summed E-state index contributed by atoms with van der Waals surface area (Å²) in [4.78, 5) is 29.4. The van der Waals surface area contributed by atoms with Crippen molar-refractivity contribution in [1.82, 2.24) is 19.6 Å². The molecule has 1 saturated heterocycles. The number of carbonyl (C=O) groups is 1. The van der Waals surface area contributed by atoms with E-state index in [2.05, 4.69) is 53.4 Å². The molecule has 0 saturated carbocycles. The predicted octanol–water partition coefficient (Wildman–Crippen LogP) is 6.00. The van der Waals surface area contributed by atoms with Crippen LogP contribution in [-0.4, -0.2) is 63.7 Å². The first-order chi connectivity index (χ1) is 21.0. The molecule has 0 bridgehead atoms. The second-order valence-corrected chi connectivity index (χ2v) is 10.4. The summed E-state index contributed by atoms with van der Waals surface area (Å²) in [6, 6.07) is 36.3. The molecule has 0 unspecified atom stereocenters. The smallest absolute Gasteiger partial charge is 0.272 e. The van der Waals surface area contributed by atoms with Crippen LogP contribution in [-0.2, 0) is 0 Å². The third-order valence-electron chi connectivity index (χ3n) is 7.78. The second kappa shape index (κ2) is 12.3. The first kappa shape index (κ1) is 27.9. The molecule has 9 heteroatoms. The van der Waals surface area contributed by atoms with Gasteiger partial charge in [-0.25, -0.2) is 4.68 Å². The average molecular weight is 574 g/mol. The molecule has 5 aromatic rings. The lowest BCUT2D eigenvalue weighted by atomic mass is 9.96. The lowest BCUT2D eigenvalue weighted by Gasteiger charge is -2.39. The van der Waals surface area contributed by atoms with E-state index in [1.165, 1.54) is 27.9 Å². The van der Waals surface area contributed by atoms with Crippen molar-refractivity contribution in [3.05, 3.63) is 142 Å². The minimum absolute atomic E-state index is 0.0733. The summed E-state index contributed by atoms with van der Waals surface area (Å²) in [6.07, 6.45) is 0. The number of nitro benzene ring substituents is 1. The topological polar surface area (TPSA) is 93.7 Å². The Labute approximate surface area is 249 Å². The van der Waals surface area contributed by atoms with Gasteiger partial charge in [0.1, 0.15) is 11.4 Å². The number of nitrogens with zero attached hydrogens (tertiary/aromatic N) is 5. The summed E-state index contributed by atoms with van der Waals surface area (Å²) < 4.78 is 6.89. The first-order valence-electron chi connectivity index (χ1n) is 14.1. The van der Waals surface area contributed by atoms with Crippen LogP contribution in [0.3, 0.4) is 0 Å². The summed E-state index contributed by atoms with van der Waals surface area (Å²) >= 11 is 0. The van der Waals surface area contributed by atoms with Crippen molar-refractivity contribution < 1.29 is 14.5 Å². The van der Waals surface area contributed by atoms with Crippen molar-refractivity contribution in [2.24, 2.45) is 0 Å². The third kappa shape index (κ3) is 5.89. The van der Waals surface area contributed by atoms with Crippen molar-refractivity contribution in [3.63, 3.8) is 0 Å². The Hall–Kier alpha value is -5.28. The Kier molecular flexibility index (Phi) is 7.97. The summed E-state index contributed by atoms with van der Waals surface area (Å²) in [6.45, 7) is 2.44. The molecule has 4 aromatic carbocycles. The highest BCUT2D eigenvalue weighted by Crippen LogP contribution is 2.31. The standard InChI is InChI=1S/C34H31N5O4/c1-43-30-17-8-14-27(22-30)31-24-32(38(35-31)28-15-9-16-29(23-28)39(41)42)34(40)37-20-18-36(19-21-37)33(25-10-4-2-5-11-25)26-12-6-3-7-13-26/h2-17,22-24,33H,18-21H2,1H3. The second-order valence-electron chi connectivity index (χ2n) is 10.4. The van der Waals surface area contributed by atoms with Gasteiger partial charge in [0, 0.05) is 43.9 Å². The molecule has 0 N–H and O–H groups in total. The maximum atomic E-state index is 14.1. The van der Waals surface area contributed by atoms with Gasteiger partial charge in [0.2, 0.25) is 0 Å². The maximum Gasteiger partial charge on any atom is 0.272 e. The third-order valence-corrected chi connectivity index (χ3v) is 7.78. The molecule has 43 heavy (non-hydrogen) atoms. The van der Waals surface area contributed by atoms with Crippen LogP contribution in [0, 0.1) is 10.1 Å². The molecular weight excluding hydrogens is 542 g/mol. The number of amides is 1. The zero-order valence-electron chi connectivity index (χ0n) is 23.7. The number of ether oxygens (including phenoxy) is 1. The van der Waals surface area contributed by atoms with Gasteiger partial charge >= 0.3 is 0 Å². The number of carbonyl (C=O) groups excluding carboxylic acids is 1. The Morgan fingerprint density at radius 2 is 1.47 bits per heavy atom. The largest absolute Gasteiger partial charge is 0.497 e. The van der Waals surface area contributed by atoms with Crippen LogP contribution < -0.4 is 4.74 Å². The maximum absolute atomic E-state index is 14.1. The molecule has 0 spiro atoms. The average Bonchev–Trinajstić information content (AvgIpc) is 3.52. The molecule has 1 amide bonds. The first-order valence-corrected chi connectivity index (χ1v) is 14.1. The number of piperazine rings is 1. The van der Waals surface area contributed by atoms with Gasteiger partial charge in [-0.3, -0.25) is 19.8 Å². The van der Waals surface area contributed by atoms with Crippen LogP contribution in [0.2, 0.25) is 0 Å². The monoisotopic (exact) mass is 573 g/mol. The van der Waals surface area contributed by atoms with E-state index in [4.69, 9.17) is 9.84 Å². The molecule has 9 nitrogen and oxygen atoms in total. The van der Waals surface area contributed by atoms with Crippen molar-refractivity contribution in [3.8, 4) is 22.7 Å². The highest BCUT2D eigenvalue weighted by atomic mass is 16.6. The van der Waals surface area contributed by atoms with E-state index in [9.17, 15) is 14.9 Å². The minimum atomic E-state index is -0.452. The molecule has 0 aliphatic carbocycles. The number of hydrogen-bond acceptors (Lipinski definition) is 6. The van der Waals surface area contributed by atoms with Crippen LogP contribution in [0.1, 0.15) is 27.7 Å². The van der Waals surface area contributed by atoms with E-state index >= 15 is 0 Å². The van der Waals surface area contributed by atoms with Crippen molar-refractivity contribution >= 4 is 11.6 Å². The van der Waals surface area contributed by atoms with Crippen molar-refractivity contribution in [2.45, 2.75) is 6.04 Å². The number of benzene rings is 4. The SMILES string of the molecule is COc1cccc(-c2cc(C(=O)N3CCN(C(c4ccccc4)c4ccccc4)CC3)n(-c3cccc([N+](=O)[O-])c3)n2)c1. The van der Waals surface area contributed by atoms with E-state index in [-0.39, 0.29) is 17.6 Å². The summed E-state index contributed by atoms with van der Waals surface area (Å²) in [5.74, 6) is 0.488. The Morgan fingerprint density at radius 3 is 2.09 bits per heavy atom. The van der Waals surface area contributed by atoms with Crippen molar-refractivity contribution in [1.29, 1.82) is 0 Å². The molecule has 0 atom stereocenters. The van der Waals surface area contributed by atoms with Gasteiger partial charge in [0.05, 0.1) is 29.5 Å². The number of aromatic nitrogens is 2. The normalized spacial score (nSPS) is 13.7. The zero-order valence-corrected chi connectivity index (χ0v) is 23.7. The van der Waals surface area contributed by atoms with Crippen molar-refractivity contribution in [2.75, 3.05) is 33.3 Å². The van der Waals surface area contributed by atoms with Crippen LogP contribution in [0.5, 0.6) is 5.75 Å². The fraction of sp³-hybridized carbons (Fsp3) is 0.176. The quantitative estimate of drug-likeness (QED) is 0.167. The summed E-state index contributed by atoms with van der Waals surface area (Å²) in [5, 5.41) is 16.3. The van der Waals surface area contributed by atoms with Crippen LogP contribution in [0.4, 0.5) is 5.69 Å². The van der Waals surface area contributed by atoms with Gasteiger partial charge in [-0.2, -0.15) is 5.10 Å². The number of hydrogen-bond donors (Lipinski definition) is 0.